The summed E-state index contributed by atoms with van der Waals surface area (Å²) in [4.78, 5) is 10.5. The molecule has 0 saturated heterocycles. The minimum Gasteiger partial charge on any atom is -0.496 e. The number of nitro groups is 1. The summed E-state index contributed by atoms with van der Waals surface area (Å²) in [6, 6.07) is 9.05. The molecule has 0 unspecified atom stereocenters. The second-order valence-corrected chi connectivity index (χ2v) is 4.46. The molecular formula is C14H12ClNO5. The first-order valence-corrected chi connectivity index (χ1v) is 6.26. The highest BCUT2D eigenvalue weighted by atomic mass is 35.5. The van der Waals surface area contributed by atoms with Crippen molar-refractivity contribution in [2.45, 2.75) is 0 Å². The van der Waals surface area contributed by atoms with E-state index in [2.05, 4.69) is 0 Å². The van der Waals surface area contributed by atoms with Crippen molar-refractivity contribution in [2.24, 2.45) is 0 Å². The van der Waals surface area contributed by atoms with Gasteiger partial charge < -0.3 is 14.2 Å². The highest BCUT2D eigenvalue weighted by Crippen LogP contribution is 2.36. The Morgan fingerprint density at radius 3 is 2.10 bits per heavy atom. The van der Waals surface area contributed by atoms with Crippen LogP contribution in [0.5, 0.6) is 23.0 Å². The molecule has 0 aliphatic heterocycles. The number of rotatable bonds is 5. The highest BCUT2D eigenvalue weighted by Gasteiger charge is 2.17. The Hall–Kier alpha value is -2.47. The zero-order valence-electron chi connectivity index (χ0n) is 11.3. The van der Waals surface area contributed by atoms with Gasteiger partial charge in [-0.05, 0) is 12.1 Å². The molecule has 2 aromatic carbocycles. The molecular weight excluding hydrogens is 298 g/mol. The van der Waals surface area contributed by atoms with E-state index in [0.29, 0.717) is 17.2 Å². The summed E-state index contributed by atoms with van der Waals surface area (Å²) in [5, 5.41) is 11.3. The third-order valence-corrected chi connectivity index (χ3v) is 2.91. The van der Waals surface area contributed by atoms with Crippen LogP contribution in [0.2, 0.25) is 5.02 Å². The van der Waals surface area contributed by atoms with Crippen molar-refractivity contribution in [3.05, 3.63) is 51.5 Å². The van der Waals surface area contributed by atoms with Gasteiger partial charge in [-0.15, -0.1) is 0 Å². The first kappa shape index (κ1) is 14.9. The van der Waals surface area contributed by atoms with E-state index in [0.717, 1.165) is 0 Å². The van der Waals surface area contributed by atoms with Crippen LogP contribution in [0.1, 0.15) is 0 Å². The molecule has 0 N–H and O–H groups in total. The van der Waals surface area contributed by atoms with Gasteiger partial charge in [0.25, 0.3) is 0 Å². The lowest BCUT2D eigenvalue weighted by Crippen LogP contribution is -1.94. The number of ether oxygens (including phenoxy) is 3. The van der Waals surface area contributed by atoms with Crippen LogP contribution in [0.3, 0.4) is 0 Å². The van der Waals surface area contributed by atoms with Crippen LogP contribution in [0, 0.1) is 10.1 Å². The van der Waals surface area contributed by atoms with Crippen molar-refractivity contribution >= 4 is 17.3 Å². The fourth-order valence-electron chi connectivity index (χ4n) is 1.69. The summed E-state index contributed by atoms with van der Waals surface area (Å²) in [6.07, 6.45) is 0. The average molecular weight is 310 g/mol. The summed E-state index contributed by atoms with van der Waals surface area (Å²) in [7, 11) is 3.01. The smallest absolute Gasteiger partial charge is 0.313 e. The van der Waals surface area contributed by atoms with E-state index in [1.54, 1.807) is 18.2 Å². The van der Waals surface area contributed by atoms with Crippen molar-refractivity contribution in [1.29, 1.82) is 0 Å². The fraction of sp³-hybridized carbons (Fsp3) is 0.143. The molecule has 110 valence electrons. The third-order valence-electron chi connectivity index (χ3n) is 2.67. The molecule has 0 atom stereocenters. The molecule has 0 spiro atoms. The van der Waals surface area contributed by atoms with Crippen LogP contribution in [-0.2, 0) is 0 Å². The maximum atomic E-state index is 11.0. The first-order chi connectivity index (χ1) is 10.0. The topological polar surface area (TPSA) is 70.8 Å². The zero-order valence-corrected chi connectivity index (χ0v) is 12.1. The van der Waals surface area contributed by atoms with Gasteiger partial charge in [-0.25, -0.2) is 0 Å². The molecule has 0 fully saturated rings. The zero-order chi connectivity index (χ0) is 15.4. The fourth-order valence-corrected chi connectivity index (χ4v) is 1.85. The van der Waals surface area contributed by atoms with Crippen LogP contribution in [-0.4, -0.2) is 19.1 Å². The monoisotopic (exact) mass is 309 g/mol. The summed E-state index contributed by atoms with van der Waals surface area (Å²) in [5.74, 6) is 1.47. The van der Waals surface area contributed by atoms with Gasteiger partial charge in [-0.2, -0.15) is 0 Å². The highest BCUT2D eigenvalue weighted by molar-refractivity contribution is 6.30. The SMILES string of the molecule is COc1cc(OC)cc(Oc2ccc(Cl)cc2[N+](=O)[O-])c1. The standard InChI is InChI=1S/C14H12ClNO5/c1-19-10-6-11(20-2)8-12(7-10)21-14-4-3-9(15)5-13(14)16(17)18/h3-8H,1-2H3. The Bertz CT molecular complexity index is 652. The Kier molecular flexibility index (Phi) is 4.49. The number of benzene rings is 2. The van der Waals surface area contributed by atoms with Gasteiger partial charge >= 0.3 is 5.69 Å². The number of nitro benzene ring substituents is 1. The Labute approximate surface area is 126 Å². The molecule has 2 aromatic rings. The first-order valence-electron chi connectivity index (χ1n) is 5.88. The molecule has 0 aliphatic carbocycles. The largest absolute Gasteiger partial charge is 0.496 e. The average Bonchev–Trinajstić information content (AvgIpc) is 2.48. The molecule has 21 heavy (non-hydrogen) atoms. The molecule has 6 nitrogen and oxygen atoms in total. The van der Waals surface area contributed by atoms with Gasteiger partial charge in [0.05, 0.1) is 19.1 Å². The van der Waals surface area contributed by atoms with Crippen molar-refractivity contribution in [1.82, 2.24) is 0 Å². The minimum absolute atomic E-state index is 0.0831. The van der Waals surface area contributed by atoms with Gasteiger partial charge in [0.1, 0.15) is 17.2 Å². The van der Waals surface area contributed by atoms with Gasteiger partial charge in [-0.3, -0.25) is 10.1 Å². The molecule has 0 amide bonds. The Balaban J connectivity index is 2.40. The predicted octanol–water partition coefficient (Wildman–Crippen LogP) is 4.06. The summed E-state index contributed by atoms with van der Waals surface area (Å²) >= 11 is 5.76. The number of nitrogens with zero attached hydrogens (tertiary/aromatic N) is 1. The lowest BCUT2D eigenvalue weighted by atomic mass is 10.2. The Morgan fingerprint density at radius 2 is 1.57 bits per heavy atom. The van der Waals surface area contributed by atoms with Crippen LogP contribution < -0.4 is 14.2 Å². The quantitative estimate of drug-likeness (QED) is 0.615. The number of halogens is 1. The van der Waals surface area contributed by atoms with Gasteiger partial charge in [0.15, 0.2) is 0 Å². The van der Waals surface area contributed by atoms with Crippen LogP contribution >= 0.6 is 11.6 Å². The van der Waals surface area contributed by atoms with Crippen molar-refractivity contribution in [3.63, 3.8) is 0 Å². The van der Waals surface area contributed by atoms with Crippen LogP contribution in [0.15, 0.2) is 36.4 Å². The molecule has 0 saturated carbocycles. The summed E-state index contributed by atoms with van der Waals surface area (Å²) in [6.45, 7) is 0. The van der Waals surface area contributed by atoms with E-state index in [1.165, 1.54) is 32.4 Å². The third kappa shape index (κ3) is 3.55. The minimum atomic E-state index is -0.557. The molecule has 0 aliphatic rings. The molecule has 2 rings (SSSR count). The number of hydrogen-bond donors (Lipinski definition) is 0. The lowest BCUT2D eigenvalue weighted by Gasteiger charge is -2.10. The number of methoxy groups -OCH3 is 2. The normalized spacial score (nSPS) is 10.0. The van der Waals surface area contributed by atoms with Gasteiger partial charge in [-0.1, -0.05) is 11.6 Å². The van der Waals surface area contributed by atoms with Crippen molar-refractivity contribution in [2.75, 3.05) is 14.2 Å². The van der Waals surface area contributed by atoms with E-state index in [4.69, 9.17) is 25.8 Å². The van der Waals surface area contributed by atoms with Crippen LogP contribution in [0.25, 0.3) is 0 Å². The molecule has 0 heterocycles. The molecule has 0 radical (unpaired) electrons. The molecule has 0 aromatic heterocycles. The van der Waals surface area contributed by atoms with Crippen molar-refractivity contribution < 1.29 is 19.1 Å². The van der Waals surface area contributed by atoms with E-state index >= 15 is 0 Å². The van der Waals surface area contributed by atoms with E-state index in [9.17, 15) is 10.1 Å². The summed E-state index contributed by atoms with van der Waals surface area (Å²) in [5.41, 5.74) is -0.218. The molecule has 7 heteroatoms. The maximum Gasteiger partial charge on any atom is 0.313 e. The van der Waals surface area contributed by atoms with E-state index in [-0.39, 0.29) is 16.5 Å². The molecule has 0 bridgehead atoms. The van der Waals surface area contributed by atoms with E-state index in [1.807, 2.05) is 0 Å². The lowest BCUT2D eigenvalue weighted by molar-refractivity contribution is -0.385. The maximum absolute atomic E-state index is 11.0. The second kappa shape index (κ2) is 6.32. The summed E-state index contributed by atoms with van der Waals surface area (Å²) < 4.78 is 15.8. The number of hydrogen-bond acceptors (Lipinski definition) is 5. The van der Waals surface area contributed by atoms with Gasteiger partial charge in [0, 0.05) is 29.3 Å². The van der Waals surface area contributed by atoms with Crippen LogP contribution in [0.4, 0.5) is 5.69 Å². The van der Waals surface area contributed by atoms with Crippen molar-refractivity contribution in [3.8, 4) is 23.0 Å². The predicted molar refractivity (Wildman–Crippen MR) is 77.7 cm³/mol. The Morgan fingerprint density at radius 1 is 1.00 bits per heavy atom. The van der Waals surface area contributed by atoms with Gasteiger partial charge in [0.2, 0.25) is 5.75 Å². The van der Waals surface area contributed by atoms with E-state index < -0.39 is 4.92 Å². The second-order valence-electron chi connectivity index (χ2n) is 4.02.